The SMILES string of the molecule is C[C@H]1CCCCN1c1nnc2ccc(O[C@@H]3CC[C@H](NC(=O)Nc4cc(C(C)(C)C)nn4-c4ccc(CN5CCC(F)CC5)cc4)c4ccccc43)cn12.O=CO. The molecule has 3 N–H and O–H groups in total. The van der Waals surface area contributed by atoms with Crippen molar-refractivity contribution < 1.29 is 23.8 Å². The summed E-state index contributed by atoms with van der Waals surface area (Å²) >= 11 is 0. The first-order valence-electron chi connectivity index (χ1n) is 20.1. The largest absolute Gasteiger partial charge is 0.484 e. The van der Waals surface area contributed by atoms with Crippen molar-refractivity contribution in [2.24, 2.45) is 0 Å². The lowest BCUT2D eigenvalue weighted by atomic mass is 9.85. The van der Waals surface area contributed by atoms with Crippen LogP contribution in [0.2, 0.25) is 0 Å². The molecule has 14 heteroatoms. The summed E-state index contributed by atoms with van der Waals surface area (Å²) in [6, 6.07) is 22.3. The van der Waals surface area contributed by atoms with Gasteiger partial charge in [0, 0.05) is 43.7 Å². The van der Waals surface area contributed by atoms with Crippen LogP contribution in [0, 0.1) is 0 Å². The van der Waals surface area contributed by atoms with E-state index in [9.17, 15) is 9.18 Å². The molecule has 2 fully saturated rings. The van der Waals surface area contributed by atoms with Crippen LogP contribution in [-0.4, -0.2) is 78.7 Å². The first-order chi connectivity index (χ1) is 27.5. The van der Waals surface area contributed by atoms with Gasteiger partial charge in [0.05, 0.1) is 23.6 Å². The van der Waals surface area contributed by atoms with E-state index in [4.69, 9.17) is 19.7 Å². The summed E-state index contributed by atoms with van der Waals surface area (Å²) in [6.07, 6.45) is 7.35. The lowest BCUT2D eigenvalue weighted by molar-refractivity contribution is -0.122. The molecule has 0 unspecified atom stereocenters. The number of pyridine rings is 1. The van der Waals surface area contributed by atoms with Crippen molar-refractivity contribution in [2.75, 3.05) is 29.9 Å². The van der Waals surface area contributed by atoms with E-state index in [0.717, 1.165) is 91.7 Å². The average molecular weight is 780 g/mol. The normalized spacial score (nSPS) is 20.3. The molecule has 57 heavy (non-hydrogen) atoms. The predicted octanol–water partition coefficient (Wildman–Crippen LogP) is 8.00. The molecule has 0 bridgehead atoms. The van der Waals surface area contributed by atoms with Gasteiger partial charge in [0.1, 0.15) is 23.8 Å². The number of rotatable bonds is 8. The second-order valence-electron chi connectivity index (χ2n) is 16.4. The second-order valence-corrected chi connectivity index (χ2v) is 16.4. The number of likely N-dealkylation sites (tertiary alicyclic amines) is 1. The van der Waals surface area contributed by atoms with Gasteiger partial charge < -0.3 is 20.1 Å². The fourth-order valence-electron chi connectivity index (χ4n) is 8.11. The number of piperidine rings is 2. The molecule has 2 aliphatic heterocycles. The number of nitrogens with one attached hydrogen (secondary N) is 2. The maximum Gasteiger partial charge on any atom is 0.320 e. The number of anilines is 2. The number of aromatic nitrogens is 5. The molecule has 2 aromatic carbocycles. The number of nitrogens with zero attached hydrogens (tertiary/aromatic N) is 7. The summed E-state index contributed by atoms with van der Waals surface area (Å²) in [6.45, 7) is 11.7. The van der Waals surface area contributed by atoms with Crippen LogP contribution in [0.25, 0.3) is 11.3 Å². The standard InChI is InChI=1S/C42H52FN9O2.CH2O2/c1-28-9-7-8-22-50(28)41-47-46-38-19-16-32(27-51(38)41)54-36-18-17-35(33-10-5-6-11-34(33)36)44-40(53)45-39-25-37(42(2,3)4)48-52(39)31-14-12-29(13-15-31)26-49-23-20-30(43)21-24-49;2-1-3/h5-6,10-16,19,25,27-28,30,35-36H,7-9,17-18,20-24,26H2,1-4H3,(H2,44,45,53);1H,(H,2,3)/t28-,35-,36+;/m0./s1. The van der Waals surface area contributed by atoms with Crippen LogP contribution in [0.5, 0.6) is 5.75 Å². The number of carboxylic acid groups (broad SMARTS) is 1. The zero-order chi connectivity index (χ0) is 40.1. The third-order valence-electron chi connectivity index (χ3n) is 11.3. The van der Waals surface area contributed by atoms with E-state index in [1.807, 2.05) is 53.1 Å². The Morgan fingerprint density at radius 3 is 2.40 bits per heavy atom. The minimum absolute atomic E-state index is 0.164. The Morgan fingerprint density at radius 1 is 0.947 bits per heavy atom. The third-order valence-corrected chi connectivity index (χ3v) is 11.3. The van der Waals surface area contributed by atoms with Crippen molar-refractivity contribution in [3.8, 4) is 11.4 Å². The van der Waals surface area contributed by atoms with Gasteiger partial charge in [-0.2, -0.15) is 5.10 Å². The molecule has 3 aromatic heterocycles. The summed E-state index contributed by atoms with van der Waals surface area (Å²) < 4.78 is 24.2. The highest BCUT2D eigenvalue weighted by molar-refractivity contribution is 5.89. The fraction of sp³-hybridized carbons (Fsp3) is 0.465. The van der Waals surface area contributed by atoms with Gasteiger partial charge in [-0.15, -0.1) is 10.2 Å². The molecule has 0 saturated carbocycles. The third kappa shape index (κ3) is 9.22. The Labute approximate surface area is 333 Å². The Hall–Kier alpha value is -5.50. The molecule has 0 radical (unpaired) electrons. The van der Waals surface area contributed by atoms with E-state index < -0.39 is 6.17 Å². The Kier molecular flexibility index (Phi) is 12.1. The Bertz CT molecular complexity index is 2140. The van der Waals surface area contributed by atoms with Crippen molar-refractivity contribution in [2.45, 2.75) is 109 Å². The minimum atomic E-state index is -0.683. The van der Waals surface area contributed by atoms with Gasteiger partial charge in [0.15, 0.2) is 5.65 Å². The maximum absolute atomic E-state index is 13.7. The van der Waals surface area contributed by atoms with Crippen LogP contribution in [0.1, 0.15) is 107 Å². The number of amides is 2. The first kappa shape index (κ1) is 39.7. The van der Waals surface area contributed by atoms with Gasteiger partial charge in [-0.1, -0.05) is 57.2 Å². The summed E-state index contributed by atoms with van der Waals surface area (Å²) in [7, 11) is 0. The van der Waals surface area contributed by atoms with Crippen molar-refractivity contribution in [1.82, 2.24) is 34.6 Å². The zero-order valence-electron chi connectivity index (χ0n) is 33.3. The highest BCUT2D eigenvalue weighted by Crippen LogP contribution is 2.39. The summed E-state index contributed by atoms with van der Waals surface area (Å²) in [5.74, 6) is 2.22. The molecular weight excluding hydrogens is 726 g/mol. The first-order valence-corrected chi connectivity index (χ1v) is 20.1. The molecule has 302 valence electrons. The highest BCUT2D eigenvalue weighted by Gasteiger charge is 2.31. The molecule has 3 aliphatic rings. The van der Waals surface area contributed by atoms with E-state index in [-0.39, 0.29) is 30.1 Å². The second kappa shape index (κ2) is 17.3. The van der Waals surface area contributed by atoms with Crippen molar-refractivity contribution in [1.29, 1.82) is 0 Å². The monoisotopic (exact) mass is 779 g/mol. The fourth-order valence-corrected chi connectivity index (χ4v) is 8.11. The van der Waals surface area contributed by atoms with Gasteiger partial charge in [0.25, 0.3) is 6.47 Å². The van der Waals surface area contributed by atoms with Crippen molar-refractivity contribution in [3.05, 3.63) is 95.3 Å². The average Bonchev–Trinajstić information content (AvgIpc) is 3.82. The summed E-state index contributed by atoms with van der Waals surface area (Å²) in [5, 5.41) is 27.2. The number of hydrogen-bond acceptors (Lipinski definition) is 8. The molecular formula is C43H54FN9O4. The summed E-state index contributed by atoms with van der Waals surface area (Å²) in [5.41, 5.74) is 5.60. The summed E-state index contributed by atoms with van der Waals surface area (Å²) in [4.78, 5) is 26.8. The number of carbonyl (C=O) groups is 2. The van der Waals surface area contributed by atoms with E-state index >= 15 is 0 Å². The van der Waals surface area contributed by atoms with Crippen LogP contribution in [0.15, 0.2) is 72.9 Å². The van der Waals surface area contributed by atoms with E-state index in [1.54, 1.807) is 4.68 Å². The molecule has 8 rings (SSSR count). The van der Waals surface area contributed by atoms with Crippen molar-refractivity contribution >= 4 is 29.9 Å². The quantitative estimate of drug-likeness (QED) is 0.134. The van der Waals surface area contributed by atoms with Gasteiger partial charge >= 0.3 is 6.03 Å². The number of hydrogen-bond donors (Lipinski definition) is 3. The number of carbonyl (C=O) groups excluding carboxylic acids is 1. The zero-order valence-corrected chi connectivity index (χ0v) is 33.3. The van der Waals surface area contributed by atoms with E-state index in [2.05, 4.69) is 82.6 Å². The van der Waals surface area contributed by atoms with Crippen LogP contribution in [0.4, 0.5) is 21.0 Å². The Balaban J connectivity index is 0.00000160. The van der Waals surface area contributed by atoms with Crippen LogP contribution >= 0.6 is 0 Å². The lowest BCUT2D eigenvalue weighted by Gasteiger charge is -2.33. The van der Waals surface area contributed by atoms with Crippen LogP contribution in [-0.2, 0) is 16.8 Å². The molecule has 5 aromatic rings. The number of urea groups is 1. The number of ether oxygens (including phenoxy) is 1. The molecule has 13 nitrogen and oxygen atoms in total. The number of alkyl halides is 1. The van der Waals surface area contributed by atoms with Gasteiger partial charge in [-0.05, 0) is 92.8 Å². The number of halogens is 1. The molecule has 3 atom stereocenters. The van der Waals surface area contributed by atoms with Crippen molar-refractivity contribution in [3.63, 3.8) is 0 Å². The van der Waals surface area contributed by atoms with Gasteiger partial charge in [-0.25, -0.2) is 13.9 Å². The van der Waals surface area contributed by atoms with E-state index in [0.29, 0.717) is 24.7 Å². The Morgan fingerprint density at radius 2 is 1.68 bits per heavy atom. The molecule has 2 saturated heterocycles. The maximum atomic E-state index is 13.7. The molecule has 5 heterocycles. The smallest absolute Gasteiger partial charge is 0.320 e. The van der Waals surface area contributed by atoms with Gasteiger partial charge in [0.2, 0.25) is 5.95 Å². The lowest BCUT2D eigenvalue weighted by Crippen LogP contribution is -2.38. The predicted molar refractivity (Wildman–Crippen MR) is 218 cm³/mol. The topological polar surface area (TPSA) is 142 Å². The highest BCUT2D eigenvalue weighted by atomic mass is 19.1. The van der Waals surface area contributed by atoms with Gasteiger partial charge in [-0.3, -0.25) is 19.4 Å². The van der Waals surface area contributed by atoms with Crippen LogP contribution < -0.4 is 20.3 Å². The number of benzene rings is 2. The number of fused-ring (bicyclic) bond motifs is 2. The molecule has 1 aliphatic carbocycles. The minimum Gasteiger partial charge on any atom is -0.484 e. The molecule has 2 amide bonds. The molecule has 0 spiro atoms. The van der Waals surface area contributed by atoms with Crippen LogP contribution in [0.3, 0.4) is 0 Å². The van der Waals surface area contributed by atoms with E-state index in [1.165, 1.54) is 12.0 Å².